The summed E-state index contributed by atoms with van der Waals surface area (Å²) in [5.41, 5.74) is 2.19. The first-order valence-corrected chi connectivity index (χ1v) is 5.87. The van der Waals surface area contributed by atoms with Crippen LogP contribution in [0.4, 0.5) is 4.79 Å². The van der Waals surface area contributed by atoms with Gasteiger partial charge in [-0.25, -0.2) is 4.79 Å². The second-order valence-corrected chi connectivity index (χ2v) is 4.59. The van der Waals surface area contributed by atoms with Crippen LogP contribution in [-0.2, 0) is 11.3 Å². The number of rotatable bonds is 3. The predicted molar refractivity (Wildman–Crippen MR) is 66.1 cm³/mol. The van der Waals surface area contributed by atoms with Crippen LogP contribution in [0.2, 0.25) is 0 Å². The van der Waals surface area contributed by atoms with Crippen molar-refractivity contribution in [2.24, 2.45) is 5.92 Å². The van der Waals surface area contributed by atoms with Crippen molar-refractivity contribution in [3.05, 3.63) is 35.4 Å². The quantitative estimate of drug-likeness (QED) is 0.845. The summed E-state index contributed by atoms with van der Waals surface area (Å²) in [5.74, 6) is -1.24. The normalized spacial score (nSPS) is 15.1. The van der Waals surface area contributed by atoms with Gasteiger partial charge in [0.25, 0.3) is 0 Å². The van der Waals surface area contributed by atoms with Crippen LogP contribution in [0.15, 0.2) is 24.3 Å². The molecule has 2 N–H and O–H groups in total. The third kappa shape index (κ3) is 2.80. The summed E-state index contributed by atoms with van der Waals surface area (Å²) in [6, 6.07) is 7.70. The Balaban J connectivity index is 1.78. The lowest BCUT2D eigenvalue weighted by Crippen LogP contribution is -2.56. The maximum atomic E-state index is 11.7. The Morgan fingerprint density at radius 1 is 1.44 bits per heavy atom. The number of amides is 2. The Labute approximate surface area is 105 Å². The zero-order valence-electron chi connectivity index (χ0n) is 10.2. The molecule has 0 saturated carbocycles. The second kappa shape index (κ2) is 5.08. The van der Waals surface area contributed by atoms with Crippen LogP contribution in [0, 0.1) is 12.8 Å². The average Bonchev–Trinajstić information content (AvgIpc) is 2.24. The van der Waals surface area contributed by atoms with Crippen LogP contribution in [0.25, 0.3) is 0 Å². The first kappa shape index (κ1) is 12.4. The fourth-order valence-electron chi connectivity index (χ4n) is 1.91. The van der Waals surface area contributed by atoms with Crippen molar-refractivity contribution >= 4 is 12.0 Å². The van der Waals surface area contributed by atoms with Gasteiger partial charge in [0.2, 0.25) is 0 Å². The van der Waals surface area contributed by atoms with Gasteiger partial charge >= 0.3 is 12.0 Å². The van der Waals surface area contributed by atoms with Crippen molar-refractivity contribution in [1.82, 2.24) is 10.2 Å². The van der Waals surface area contributed by atoms with Crippen molar-refractivity contribution in [2.75, 3.05) is 13.1 Å². The van der Waals surface area contributed by atoms with Gasteiger partial charge in [-0.3, -0.25) is 4.79 Å². The molecule has 96 valence electrons. The number of likely N-dealkylation sites (tertiary alicyclic amines) is 1. The van der Waals surface area contributed by atoms with Crippen molar-refractivity contribution in [2.45, 2.75) is 13.5 Å². The van der Waals surface area contributed by atoms with E-state index in [-0.39, 0.29) is 6.03 Å². The van der Waals surface area contributed by atoms with E-state index in [1.54, 1.807) is 0 Å². The van der Waals surface area contributed by atoms with Gasteiger partial charge < -0.3 is 15.3 Å². The SMILES string of the molecule is Cc1cccc(CNC(=O)N2CC(C(=O)O)C2)c1. The number of benzene rings is 1. The molecule has 2 rings (SSSR count). The smallest absolute Gasteiger partial charge is 0.317 e. The highest BCUT2D eigenvalue weighted by Gasteiger charge is 2.35. The molecule has 0 spiro atoms. The number of hydrogen-bond donors (Lipinski definition) is 2. The zero-order chi connectivity index (χ0) is 13.1. The molecule has 1 heterocycles. The summed E-state index contributed by atoms with van der Waals surface area (Å²) >= 11 is 0. The van der Waals surface area contributed by atoms with Crippen LogP contribution < -0.4 is 5.32 Å². The van der Waals surface area contributed by atoms with E-state index in [0.29, 0.717) is 19.6 Å². The molecule has 0 aromatic heterocycles. The van der Waals surface area contributed by atoms with Gasteiger partial charge in [-0.15, -0.1) is 0 Å². The van der Waals surface area contributed by atoms with Gasteiger partial charge in [-0.05, 0) is 12.5 Å². The molecule has 0 unspecified atom stereocenters. The van der Waals surface area contributed by atoms with Gasteiger partial charge in [0.05, 0.1) is 5.92 Å². The van der Waals surface area contributed by atoms with Gasteiger partial charge in [-0.2, -0.15) is 0 Å². The number of carbonyl (C=O) groups excluding carboxylic acids is 1. The summed E-state index contributed by atoms with van der Waals surface area (Å²) in [5, 5.41) is 11.5. The summed E-state index contributed by atoms with van der Waals surface area (Å²) in [6.07, 6.45) is 0. The number of aryl methyl sites for hydroxylation is 1. The Kier molecular flexibility index (Phi) is 3.50. The number of carboxylic acid groups (broad SMARTS) is 1. The summed E-state index contributed by atoms with van der Waals surface area (Å²) < 4.78 is 0. The van der Waals surface area contributed by atoms with E-state index in [1.165, 1.54) is 4.90 Å². The molecule has 1 saturated heterocycles. The summed E-state index contributed by atoms with van der Waals surface area (Å²) in [6.45, 7) is 3.07. The van der Waals surface area contributed by atoms with Crippen molar-refractivity contribution in [3.8, 4) is 0 Å². The van der Waals surface area contributed by atoms with E-state index in [2.05, 4.69) is 5.32 Å². The molecular weight excluding hydrogens is 232 g/mol. The molecule has 1 aliphatic rings. The Morgan fingerprint density at radius 2 is 2.17 bits per heavy atom. The molecule has 1 aliphatic heterocycles. The highest BCUT2D eigenvalue weighted by Crippen LogP contribution is 2.15. The van der Waals surface area contributed by atoms with Crippen LogP contribution in [-0.4, -0.2) is 35.1 Å². The fraction of sp³-hybridized carbons (Fsp3) is 0.385. The second-order valence-electron chi connectivity index (χ2n) is 4.59. The number of aliphatic carboxylic acids is 1. The van der Waals surface area contributed by atoms with Gasteiger partial charge in [-0.1, -0.05) is 29.8 Å². The van der Waals surface area contributed by atoms with E-state index in [9.17, 15) is 9.59 Å². The molecule has 2 amide bonds. The summed E-state index contributed by atoms with van der Waals surface area (Å²) in [7, 11) is 0. The number of nitrogens with one attached hydrogen (secondary N) is 1. The number of carboxylic acids is 1. The lowest BCUT2D eigenvalue weighted by atomic mass is 10.0. The van der Waals surface area contributed by atoms with Crippen LogP contribution in [0.5, 0.6) is 0 Å². The third-order valence-corrected chi connectivity index (χ3v) is 3.04. The van der Waals surface area contributed by atoms with Crippen molar-refractivity contribution in [3.63, 3.8) is 0 Å². The number of hydrogen-bond acceptors (Lipinski definition) is 2. The van der Waals surface area contributed by atoms with Gasteiger partial charge in [0.15, 0.2) is 0 Å². The topological polar surface area (TPSA) is 69.6 Å². The number of urea groups is 1. The standard InChI is InChI=1S/C13H16N2O3/c1-9-3-2-4-10(5-9)6-14-13(18)15-7-11(8-15)12(16)17/h2-5,11H,6-8H2,1H3,(H,14,18)(H,16,17). The van der Waals surface area contributed by atoms with E-state index in [0.717, 1.165) is 11.1 Å². The van der Waals surface area contributed by atoms with Crippen LogP contribution in [0.1, 0.15) is 11.1 Å². The molecule has 0 bridgehead atoms. The van der Waals surface area contributed by atoms with E-state index in [1.807, 2.05) is 31.2 Å². The minimum absolute atomic E-state index is 0.200. The first-order chi connectivity index (χ1) is 8.56. The van der Waals surface area contributed by atoms with E-state index >= 15 is 0 Å². The lowest BCUT2D eigenvalue weighted by molar-refractivity contribution is -0.146. The summed E-state index contributed by atoms with van der Waals surface area (Å²) in [4.78, 5) is 23.8. The fourth-order valence-corrected chi connectivity index (χ4v) is 1.91. The molecule has 0 aliphatic carbocycles. The third-order valence-electron chi connectivity index (χ3n) is 3.04. The Bertz CT molecular complexity index is 467. The van der Waals surface area contributed by atoms with Gasteiger partial charge in [0, 0.05) is 19.6 Å². The van der Waals surface area contributed by atoms with Gasteiger partial charge in [0.1, 0.15) is 0 Å². The highest BCUT2D eigenvalue weighted by atomic mass is 16.4. The van der Waals surface area contributed by atoms with Crippen LogP contribution >= 0.6 is 0 Å². The predicted octanol–water partition coefficient (Wildman–Crippen LogP) is 1.22. The monoisotopic (exact) mass is 248 g/mol. The van der Waals surface area contributed by atoms with Crippen molar-refractivity contribution < 1.29 is 14.7 Å². The molecule has 1 fully saturated rings. The minimum atomic E-state index is -0.835. The molecule has 1 aromatic rings. The van der Waals surface area contributed by atoms with E-state index in [4.69, 9.17) is 5.11 Å². The largest absolute Gasteiger partial charge is 0.481 e. The molecule has 0 radical (unpaired) electrons. The Hall–Kier alpha value is -2.04. The zero-order valence-corrected chi connectivity index (χ0v) is 10.2. The molecule has 1 aromatic carbocycles. The van der Waals surface area contributed by atoms with E-state index < -0.39 is 11.9 Å². The molecule has 18 heavy (non-hydrogen) atoms. The first-order valence-electron chi connectivity index (χ1n) is 5.87. The maximum Gasteiger partial charge on any atom is 0.317 e. The molecular formula is C13H16N2O3. The number of carbonyl (C=O) groups is 2. The number of nitrogens with zero attached hydrogens (tertiary/aromatic N) is 1. The average molecular weight is 248 g/mol. The molecule has 5 heteroatoms. The molecule has 0 atom stereocenters. The van der Waals surface area contributed by atoms with Crippen LogP contribution in [0.3, 0.4) is 0 Å². The minimum Gasteiger partial charge on any atom is -0.481 e. The highest BCUT2D eigenvalue weighted by molar-refractivity contribution is 5.79. The lowest BCUT2D eigenvalue weighted by Gasteiger charge is -2.36. The Morgan fingerprint density at radius 3 is 2.78 bits per heavy atom. The van der Waals surface area contributed by atoms with Crippen molar-refractivity contribution in [1.29, 1.82) is 0 Å². The molecule has 5 nitrogen and oxygen atoms in total. The maximum absolute atomic E-state index is 11.7.